The standard InChI is InChI=1S/C28H29N7O3/c29-27-25-26(19-8-10-23(11-9-19)38-22-5-2-1-3-6-22)33-35(28(25)32-18-31-27)21-12-14-34(15-21)24(36)7-4-13-30-20-16-37-17-20/h1-11,18,20-21,30H,12-17H2,(H2,29,31,32)/b7-4+. The van der Waals surface area contributed by atoms with Crippen molar-refractivity contribution in [3.05, 3.63) is 73.1 Å². The molecule has 3 N–H and O–H groups in total. The van der Waals surface area contributed by atoms with Crippen LogP contribution in [0.25, 0.3) is 22.3 Å². The van der Waals surface area contributed by atoms with Crippen LogP contribution in [0.1, 0.15) is 12.5 Å². The van der Waals surface area contributed by atoms with Crippen LogP contribution in [0, 0.1) is 0 Å². The second kappa shape index (κ2) is 10.6. The predicted octanol–water partition coefficient (Wildman–Crippen LogP) is 3.19. The molecule has 10 nitrogen and oxygen atoms in total. The van der Waals surface area contributed by atoms with E-state index in [-0.39, 0.29) is 11.9 Å². The third-order valence-electron chi connectivity index (χ3n) is 6.87. The zero-order chi connectivity index (χ0) is 25.9. The number of rotatable bonds is 8. The van der Waals surface area contributed by atoms with Crippen LogP contribution in [0.15, 0.2) is 73.1 Å². The average Bonchev–Trinajstić information content (AvgIpc) is 3.55. The van der Waals surface area contributed by atoms with Crippen molar-refractivity contribution < 1.29 is 14.3 Å². The first-order valence-electron chi connectivity index (χ1n) is 12.7. The Labute approximate surface area is 220 Å². The first kappa shape index (κ1) is 24.1. The Balaban J connectivity index is 1.20. The molecular weight excluding hydrogens is 482 g/mol. The number of carbonyl (C=O) groups excluding carboxylic acids is 1. The lowest BCUT2D eigenvalue weighted by molar-refractivity contribution is -0.125. The van der Waals surface area contributed by atoms with E-state index in [1.165, 1.54) is 6.33 Å². The maximum atomic E-state index is 12.8. The number of amides is 1. The normalized spacial score (nSPS) is 17.8. The summed E-state index contributed by atoms with van der Waals surface area (Å²) in [6.07, 6.45) is 5.74. The number of anilines is 1. The predicted molar refractivity (Wildman–Crippen MR) is 144 cm³/mol. The second-order valence-corrected chi connectivity index (χ2v) is 9.46. The largest absolute Gasteiger partial charge is 0.457 e. The van der Waals surface area contributed by atoms with Crippen molar-refractivity contribution in [3.8, 4) is 22.8 Å². The number of aromatic nitrogens is 4. The molecule has 0 bridgehead atoms. The zero-order valence-corrected chi connectivity index (χ0v) is 20.9. The molecule has 4 aromatic rings. The monoisotopic (exact) mass is 511 g/mol. The molecule has 0 spiro atoms. The highest BCUT2D eigenvalue weighted by Gasteiger charge is 2.30. The molecule has 2 aromatic heterocycles. The Hall–Kier alpha value is -4.28. The highest BCUT2D eigenvalue weighted by molar-refractivity contribution is 5.98. The van der Waals surface area contributed by atoms with Gasteiger partial charge in [0, 0.05) is 31.3 Å². The van der Waals surface area contributed by atoms with Crippen molar-refractivity contribution in [3.63, 3.8) is 0 Å². The Morgan fingerprint density at radius 2 is 1.89 bits per heavy atom. The van der Waals surface area contributed by atoms with Crippen molar-refractivity contribution in [1.29, 1.82) is 0 Å². The lowest BCUT2D eigenvalue weighted by Gasteiger charge is -2.26. The van der Waals surface area contributed by atoms with E-state index in [0.29, 0.717) is 48.2 Å². The summed E-state index contributed by atoms with van der Waals surface area (Å²) in [6, 6.07) is 17.7. The topological polar surface area (TPSA) is 120 Å². The lowest BCUT2D eigenvalue weighted by atomic mass is 10.1. The van der Waals surface area contributed by atoms with E-state index in [4.69, 9.17) is 20.3 Å². The molecule has 194 valence electrons. The molecule has 6 rings (SSSR count). The molecule has 10 heteroatoms. The van der Waals surface area contributed by atoms with Gasteiger partial charge in [-0.25, -0.2) is 14.6 Å². The summed E-state index contributed by atoms with van der Waals surface area (Å²) in [4.78, 5) is 23.3. The van der Waals surface area contributed by atoms with Gasteiger partial charge < -0.3 is 25.4 Å². The SMILES string of the molecule is Nc1ncnc2c1c(-c1ccc(Oc3ccccc3)cc1)nn2C1CCN(C(=O)/C=C/CNC2COC2)C1. The number of nitrogen functional groups attached to an aromatic ring is 1. The summed E-state index contributed by atoms with van der Waals surface area (Å²) in [5, 5.41) is 8.97. The first-order valence-corrected chi connectivity index (χ1v) is 12.7. The van der Waals surface area contributed by atoms with Gasteiger partial charge in [-0.1, -0.05) is 24.3 Å². The van der Waals surface area contributed by atoms with Gasteiger partial charge in [-0.15, -0.1) is 0 Å². The molecular formula is C28H29N7O3. The number of likely N-dealkylation sites (tertiary alicyclic amines) is 1. The maximum Gasteiger partial charge on any atom is 0.246 e. The molecule has 2 fully saturated rings. The first-order chi connectivity index (χ1) is 18.7. The van der Waals surface area contributed by atoms with Gasteiger partial charge in [0.05, 0.1) is 30.7 Å². The molecule has 0 aliphatic carbocycles. The fourth-order valence-electron chi connectivity index (χ4n) is 4.75. The van der Waals surface area contributed by atoms with Crippen LogP contribution in [0.4, 0.5) is 5.82 Å². The van der Waals surface area contributed by atoms with Crippen LogP contribution in [0.2, 0.25) is 0 Å². The Bertz CT molecular complexity index is 1450. The molecule has 4 heterocycles. The van der Waals surface area contributed by atoms with Crippen LogP contribution in [0.5, 0.6) is 11.5 Å². The van der Waals surface area contributed by atoms with Crippen LogP contribution < -0.4 is 15.8 Å². The Morgan fingerprint density at radius 1 is 1.11 bits per heavy atom. The number of nitrogens with two attached hydrogens (primary N) is 1. The number of ether oxygens (including phenoxy) is 2. The van der Waals surface area contributed by atoms with Crippen LogP contribution >= 0.6 is 0 Å². The number of nitrogens with one attached hydrogen (secondary N) is 1. The van der Waals surface area contributed by atoms with Crippen LogP contribution in [0.3, 0.4) is 0 Å². The molecule has 2 aromatic carbocycles. The highest BCUT2D eigenvalue weighted by Crippen LogP contribution is 2.35. The van der Waals surface area contributed by atoms with Crippen molar-refractivity contribution in [1.82, 2.24) is 30.0 Å². The lowest BCUT2D eigenvalue weighted by Crippen LogP contribution is -2.45. The summed E-state index contributed by atoms with van der Waals surface area (Å²) in [6.45, 7) is 3.32. The number of nitrogens with zero attached hydrogens (tertiary/aromatic N) is 5. The minimum atomic E-state index is -0.0103. The number of carbonyl (C=O) groups is 1. The average molecular weight is 512 g/mol. The third kappa shape index (κ3) is 4.96. The van der Waals surface area contributed by atoms with Gasteiger partial charge in [-0.05, 0) is 42.8 Å². The minimum absolute atomic E-state index is 0.000936. The molecule has 2 aliphatic rings. The molecule has 0 saturated carbocycles. The summed E-state index contributed by atoms with van der Waals surface area (Å²) >= 11 is 0. The van der Waals surface area contributed by atoms with Crippen molar-refractivity contribution in [2.45, 2.75) is 18.5 Å². The highest BCUT2D eigenvalue weighted by atomic mass is 16.5. The molecule has 1 atom stereocenters. The van der Waals surface area contributed by atoms with Gasteiger partial charge >= 0.3 is 0 Å². The zero-order valence-electron chi connectivity index (χ0n) is 20.9. The number of benzene rings is 2. The van der Waals surface area contributed by atoms with E-state index in [1.54, 1.807) is 6.08 Å². The molecule has 2 aliphatic heterocycles. The van der Waals surface area contributed by atoms with E-state index in [1.807, 2.05) is 70.3 Å². The van der Waals surface area contributed by atoms with Gasteiger partial charge in [-0.3, -0.25) is 4.79 Å². The quantitative estimate of drug-likeness (QED) is 0.346. The summed E-state index contributed by atoms with van der Waals surface area (Å²) < 4.78 is 13.0. The van der Waals surface area contributed by atoms with Gasteiger partial charge in [0.2, 0.25) is 5.91 Å². The molecule has 1 amide bonds. The van der Waals surface area contributed by atoms with Crippen molar-refractivity contribution in [2.75, 3.05) is 38.6 Å². The number of para-hydroxylation sites is 1. The molecule has 38 heavy (non-hydrogen) atoms. The van der Waals surface area contributed by atoms with E-state index >= 15 is 0 Å². The van der Waals surface area contributed by atoms with Crippen molar-refractivity contribution in [2.24, 2.45) is 0 Å². The van der Waals surface area contributed by atoms with Crippen LogP contribution in [-0.4, -0.2) is 69.4 Å². The van der Waals surface area contributed by atoms with E-state index in [0.717, 1.165) is 36.7 Å². The van der Waals surface area contributed by atoms with Gasteiger partial charge in [0.1, 0.15) is 29.3 Å². The fraction of sp³-hybridized carbons (Fsp3) is 0.286. The molecule has 2 saturated heterocycles. The minimum Gasteiger partial charge on any atom is -0.457 e. The molecule has 1 unspecified atom stereocenters. The maximum absolute atomic E-state index is 12.8. The van der Waals surface area contributed by atoms with Gasteiger partial charge in [0.25, 0.3) is 0 Å². The number of fused-ring (bicyclic) bond motifs is 1. The third-order valence-corrected chi connectivity index (χ3v) is 6.87. The van der Waals surface area contributed by atoms with E-state index in [9.17, 15) is 4.79 Å². The Morgan fingerprint density at radius 3 is 2.66 bits per heavy atom. The van der Waals surface area contributed by atoms with Gasteiger partial charge in [-0.2, -0.15) is 5.10 Å². The summed E-state index contributed by atoms with van der Waals surface area (Å²) in [5.41, 5.74) is 8.56. The fourth-order valence-corrected chi connectivity index (χ4v) is 4.75. The van der Waals surface area contributed by atoms with Crippen LogP contribution in [-0.2, 0) is 9.53 Å². The summed E-state index contributed by atoms with van der Waals surface area (Å²) in [5.74, 6) is 1.87. The van der Waals surface area contributed by atoms with Crippen molar-refractivity contribution >= 4 is 22.8 Å². The number of hydrogen-bond acceptors (Lipinski definition) is 8. The number of hydrogen-bond donors (Lipinski definition) is 2. The van der Waals surface area contributed by atoms with E-state index in [2.05, 4.69) is 15.3 Å². The summed E-state index contributed by atoms with van der Waals surface area (Å²) in [7, 11) is 0. The smallest absolute Gasteiger partial charge is 0.246 e. The van der Waals surface area contributed by atoms with E-state index < -0.39 is 0 Å². The second-order valence-electron chi connectivity index (χ2n) is 9.46. The molecule has 0 radical (unpaired) electrons. The Kier molecular flexibility index (Phi) is 6.72. The van der Waals surface area contributed by atoms with Gasteiger partial charge in [0.15, 0.2) is 5.65 Å².